The van der Waals surface area contributed by atoms with Crippen molar-refractivity contribution >= 4 is 11.9 Å². The number of guanidine groups is 1. The van der Waals surface area contributed by atoms with Crippen LogP contribution in [0.25, 0.3) is 0 Å². The lowest BCUT2D eigenvalue weighted by molar-refractivity contribution is -0.122. The van der Waals surface area contributed by atoms with Crippen molar-refractivity contribution in [3.05, 3.63) is 24.2 Å². The lowest BCUT2D eigenvalue weighted by Crippen LogP contribution is -2.46. The van der Waals surface area contributed by atoms with Crippen LogP contribution in [0.5, 0.6) is 0 Å². The molecule has 6 nitrogen and oxygen atoms in total. The van der Waals surface area contributed by atoms with Crippen LogP contribution < -0.4 is 16.0 Å². The number of nitrogens with zero attached hydrogens (tertiary/aromatic N) is 1. The van der Waals surface area contributed by atoms with E-state index in [0.29, 0.717) is 25.7 Å². The van der Waals surface area contributed by atoms with Gasteiger partial charge in [-0.2, -0.15) is 0 Å². The molecule has 2 saturated carbocycles. The maximum Gasteiger partial charge on any atom is 0.223 e. The Morgan fingerprint density at radius 1 is 1.12 bits per heavy atom. The van der Waals surface area contributed by atoms with Gasteiger partial charge in [0.05, 0.1) is 6.26 Å². The minimum absolute atomic E-state index is 0.193. The van der Waals surface area contributed by atoms with Crippen molar-refractivity contribution in [3.8, 4) is 0 Å². The van der Waals surface area contributed by atoms with E-state index in [1.807, 2.05) is 12.1 Å². The summed E-state index contributed by atoms with van der Waals surface area (Å²) in [6, 6.07) is 4.38. The molecule has 0 spiro atoms. The number of aliphatic imine (C=N–C) groups is 1. The molecule has 1 aromatic heterocycles. The number of nitrogens with one attached hydrogen (secondary N) is 3. The zero-order valence-electron chi connectivity index (χ0n) is 14.9. The predicted molar refractivity (Wildman–Crippen MR) is 98.5 cm³/mol. The Hall–Kier alpha value is -1.98. The molecule has 2 fully saturated rings. The van der Waals surface area contributed by atoms with Crippen LogP contribution in [0.3, 0.4) is 0 Å². The van der Waals surface area contributed by atoms with Crippen molar-refractivity contribution in [1.29, 1.82) is 0 Å². The van der Waals surface area contributed by atoms with E-state index in [1.54, 1.807) is 6.26 Å². The van der Waals surface area contributed by atoms with E-state index >= 15 is 0 Å². The van der Waals surface area contributed by atoms with Gasteiger partial charge in [0.15, 0.2) is 5.96 Å². The molecule has 2 aliphatic rings. The minimum Gasteiger partial charge on any atom is -0.469 e. The van der Waals surface area contributed by atoms with E-state index in [0.717, 1.165) is 31.0 Å². The summed E-state index contributed by atoms with van der Waals surface area (Å²) in [4.78, 5) is 16.4. The molecule has 25 heavy (non-hydrogen) atoms. The lowest BCUT2D eigenvalue weighted by atomic mass is 9.96. The highest BCUT2D eigenvalue weighted by Crippen LogP contribution is 2.28. The van der Waals surface area contributed by atoms with Gasteiger partial charge in [-0.1, -0.05) is 19.3 Å². The van der Waals surface area contributed by atoms with Crippen molar-refractivity contribution in [2.45, 2.75) is 57.4 Å². The summed E-state index contributed by atoms with van der Waals surface area (Å²) >= 11 is 0. The monoisotopic (exact) mass is 346 g/mol. The van der Waals surface area contributed by atoms with Crippen LogP contribution in [0.15, 0.2) is 27.8 Å². The van der Waals surface area contributed by atoms with Crippen molar-refractivity contribution in [3.63, 3.8) is 0 Å². The van der Waals surface area contributed by atoms with Crippen LogP contribution in [0.4, 0.5) is 0 Å². The van der Waals surface area contributed by atoms with E-state index < -0.39 is 0 Å². The van der Waals surface area contributed by atoms with E-state index in [-0.39, 0.29) is 11.8 Å². The SMILES string of the molecule is O=C(NCCNC(=NCCc1ccco1)NC1CCCCC1)C1CC1. The molecule has 0 bridgehead atoms. The molecule has 0 radical (unpaired) electrons. The summed E-state index contributed by atoms with van der Waals surface area (Å²) in [7, 11) is 0. The Kier molecular flexibility index (Phi) is 6.77. The third kappa shape index (κ3) is 6.44. The van der Waals surface area contributed by atoms with Gasteiger partial charge in [-0.15, -0.1) is 0 Å². The maximum atomic E-state index is 11.7. The first-order valence-electron chi connectivity index (χ1n) is 9.66. The van der Waals surface area contributed by atoms with Gasteiger partial charge in [0.1, 0.15) is 5.76 Å². The molecule has 0 atom stereocenters. The average Bonchev–Trinajstić information content (AvgIpc) is 3.36. The van der Waals surface area contributed by atoms with Gasteiger partial charge in [-0.3, -0.25) is 9.79 Å². The third-order valence-electron chi connectivity index (χ3n) is 4.82. The van der Waals surface area contributed by atoms with Crippen molar-refractivity contribution in [1.82, 2.24) is 16.0 Å². The van der Waals surface area contributed by atoms with Crippen LogP contribution in [0.2, 0.25) is 0 Å². The molecular formula is C19H30N4O2. The molecule has 0 aliphatic heterocycles. The molecular weight excluding hydrogens is 316 g/mol. The zero-order chi connectivity index (χ0) is 17.3. The average molecular weight is 346 g/mol. The molecule has 0 aromatic carbocycles. The number of rotatable bonds is 8. The summed E-state index contributed by atoms with van der Waals surface area (Å²) in [6.45, 7) is 2.01. The fourth-order valence-electron chi connectivity index (χ4n) is 3.18. The Labute approximate surface area is 149 Å². The van der Waals surface area contributed by atoms with Crippen LogP contribution in [-0.4, -0.2) is 37.5 Å². The quantitative estimate of drug-likeness (QED) is 0.383. The van der Waals surface area contributed by atoms with Crippen molar-refractivity contribution in [2.75, 3.05) is 19.6 Å². The van der Waals surface area contributed by atoms with Crippen LogP contribution >= 0.6 is 0 Å². The largest absolute Gasteiger partial charge is 0.469 e. The van der Waals surface area contributed by atoms with Crippen LogP contribution in [-0.2, 0) is 11.2 Å². The first-order chi connectivity index (χ1) is 12.3. The van der Waals surface area contributed by atoms with Crippen molar-refractivity contribution in [2.24, 2.45) is 10.9 Å². The third-order valence-corrected chi connectivity index (χ3v) is 4.82. The van der Waals surface area contributed by atoms with Gasteiger partial charge >= 0.3 is 0 Å². The Morgan fingerprint density at radius 2 is 1.92 bits per heavy atom. The van der Waals surface area contributed by atoms with Gasteiger partial charge in [-0.05, 0) is 37.8 Å². The molecule has 1 heterocycles. The maximum absolute atomic E-state index is 11.7. The second kappa shape index (κ2) is 9.49. The van der Waals surface area contributed by atoms with E-state index in [2.05, 4.69) is 20.9 Å². The normalized spacial score (nSPS) is 18.8. The smallest absolute Gasteiger partial charge is 0.223 e. The van der Waals surface area contributed by atoms with Crippen LogP contribution in [0, 0.1) is 5.92 Å². The summed E-state index contributed by atoms with van der Waals surface area (Å²) in [5.74, 6) is 2.26. The van der Waals surface area contributed by atoms with Gasteiger partial charge in [0, 0.05) is 38.0 Å². The fourth-order valence-corrected chi connectivity index (χ4v) is 3.18. The number of carbonyl (C=O) groups excluding carboxylic acids is 1. The zero-order valence-corrected chi connectivity index (χ0v) is 14.9. The highest BCUT2D eigenvalue weighted by Gasteiger charge is 2.29. The number of hydrogen-bond acceptors (Lipinski definition) is 3. The Morgan fingerprint density at radius 3 is 2.64 bits per heavy atom. The molecule has 0 saturated heterocycles. The van der Waals surface area contributed by atoms with Gasteiger partial charge in [0.2, 0.25) is 5.91 Å². The molecule has 1 amide bonds. The summed E-state index contributed by atoms with van der Waals surface area (Å²) in [5.41, 5.74) is 0. The first kappa shape index (κ1) is 17.8. The van der Waals surface area contributed by atoms with Crippen LogP contribution in [0.1, 0.15) is 50.7 Å². The van der Waals surface area contributed by atoms with E-state index in [9.17, 15) is 4.79 Å². The van der Waals surface area contributed by atoms with E-state index in [1.165, 1.54) is 32.1 Å². The molecule has 2 aliphatic carbocycles. The minimum atomic E-state index is 0.193. The van der Waals surface area contributed by atoms with Gasteiger partial charge in [0.25, 0.3) is 0 Å². The molecule has 0 unspecified atom stereocenters. The second-order valence-corrected chi connectivity index (χ2v) is 7.03. The molecule has 138 valence electrons. The second-order valence-electron chi connectivity index (χ2n) is 7.03. The first-order valence-corrected chi connectivity index (χ1v) is 9.66. The summed E-state index contributed by atoms with van der Waals surface area (Å²) in [5, 5.41) is 9.89. The number of amides is 1. The Balaban J connectivity index is 1.43. The van der Waals surface area contributed by atoms with Gasteiger partial charge in [-0.25, -0.2) is 0 Å². The number of hydrogen-bond donors (Lipinski definition) is 3. The highest BCUT2D eigenvalue weighted by atomic mass is 16.3. The lowest BCUT2D eigenvalue weighted by Gasteiger charge is -2.25. The molecule has 6 heteroatoms. The molecule has 3 N–H and O–H groups in total. The van der Waals surface area contributed by atoms with Crippen molar-refractivity contribution < 1.29 is 9.21 Å². The number of carbonyl (C=O) groups is 1. The molecule has 3 rings (SSSR count). The topological polar surface area (TPSA) is 78.7 Å². The Bertz CT molecular complexity index is 546. The van der Waals surface area contributed by atoms with Gasteiger partial charge < -0.3 is 20.4 Å². The summed E-state index contributed by atoms with van der Waals surface area (Å²) in [6.07, 6.45) is 10.9. The summed E-state index contributed by atoms with van der Waals surface area (Å²) < 4.78 is 5.36. The fraction of sp³-hybridized carbons (Fsp3) is 0.684. The predicted octanol–water partition coefficient (Wildman–Crippen LogP) is 2.22. The number of furan rings is 1. The standard InChI is InChI=1S/C19H30N4O2/c24-18(15-8-9-15)20-12-13-22-19(23-16-5-2-1-3-6-16)21-11-10-17-7-4-14-25-17/h4,7,14-16H,1-3,5-6,8-13H2,(H,20,24)(H2,21,22,23). The van der Waals surface area contributed by atoms with E-state index in [4.69, 9.17) is 4.42 Å². The highest BCUT2D eigenvalue weighted by molar-refractivity contribution is 5.81. The molecule has 1 aromatic rings.